The van der Waals surface area contributed by atoms with Crippen LogP contribution in [0.4, 0.5) is 5.69 Å². The van der Waals surface area contributed by atoms with Crippen LogP contribution in [0.25, 0.3) is 10.1 Å². The molecule has 1 heterocycles. The molecule has 0 spiro atoms. The van der Waals surface area contributed by atoms with Crippen LogP contribution in [0.15, 0.2) is 18.2 Å². The molecular weight excluding hydrogens is 206 g/mol. The molecule has 0 amide bonds. The average Bonchev–Trinajstić information content (AvgIpc) is 2.44. The fraction of sp³-hybridized carbons (Fsp3) is 0. The number of carbonyl (C=O) groups excluding carboxylic acids is 1. The van der Waals surface area contributed by atoms with E-state index in [1.54, 1.807) is 6.07 Å². The first kappa shape index (κ1) is 8.53. The smallest absolute Gasteiger partial charge is 0.161 e. The quantitative estimate of drug-likeness (QED) is 0.582. The normalized spacial score (nSPS) is 10.5. The van der Waals surface area contributed by atoms with E-state index in [0.717, 1.165) is 16.4 Å². The highest BCUT2D eigenvalue weighted by Crippen LogP contribution is 2.37. The summed E-state index contributed by atoms with van der Waals surface area (Å²) >= 11 is 7.32. The molecule has 0 aliphatic carbocycles. The van der Waals surface area contributed by atoms with Crippen LogP contribution in [-0.2, 0) is 0 Å². The van der Waals surface area contributed by atoms with Gasteiger partial charge in [0.2, 0.25) is 0 Å². The number of hydrogen-bond donors (Lipinski definition) is 1. The molecule has 0 radical (unpaired) electrons. The van der Waals surface area contributed by atoms with Gasteiger partial charge in [-0.05, 0) is 12.1 Å². The fourth-order valence-electron chi connectivity index (χ4n) is 1.23. The van der Waals surface area contributed by atoms with E-state index in [1.807, 2.05) is 12.1 Å². The molecule has 0 aliphatic heterocycles. The number of carbonyl (C=O) groups is 1. The third kappa shape index (κ3) is 1.20. The van der Waals surface area contributed by atoms with Crippen LogP contribution in [-0.4, -0.2) is 6.29 Å². The molecule has 2 N–H and O–H groups in total. The van der Waals surface area contributed by atoms with Crippen LogP contribution in [0.1, 0.15) is 9.67 Å². The van der Waals surface area contributed by atoms with Gasteiger partial charge in [-0.25, -0.2) is 0 Å². The molecule has 1 aromatic heterocycles. The van der Waals surface area contributed by atoms with Crippen LogP contribution < -0.4 is 5.73 Å². The highest BCUT2D eigenvalue weighted by molar-refractivity contribution is 7.21. The van der Waals surface area contributed by atoms with Gasteiger partial charge in [0.1, 0.15) is 0 Å². The molecule has 4 heteroatoms. The Labute approximate surface area is 83.9 Å². The molecule has 2 rings (SSSR count). The zero-order valence-electron chi connectivity index (χ0n) is 6.58. The first-order valence-corrected chi connectivity index (χ1v) is 4.85. The zero-order chi connectivity index (χ0) is 9.42. The zero-order valence-corrected chi connectivity index (χ0v) is 8.15. The largest absolute Gasteiger partial charge is 0.398 e. The van der Waals surface area contributed by atoms with Crippen LogP contribution in [0.5, 0.6) is 0 Å². The third-order valence-corrected chi connectivity index (χ3v) is 3.41. The van der Waals surface area contributed by atoms with Crippen molar-refractivity contribution in [2.24, 2.45) is 0 Å². The molecule has 0 atom stereocenters. The maximum atomic E-state index is 10.6. The first-order chi connectivity index (χ1) is 6.24. The number of nitrogens with two attached hydrogens (primary N) is 1. The second kappa shape index (κ2) is 3.01. The predicted octanol–water partition coefficient (Wildman–Crippen LogP) is 2.95. The molecular formula is C9H6ClNOS. The second-order valence-electron chi connectivity index (χ2n) is 2.62. The van der Waals surface area contributed by atoms with E-state index in [9.17, 15) is 4.79 Å². The molecule has 0 saturated carbocycles. The lowest BCUT2D eigenvalue weighted by Gasteiger charge is -1.94. The molecule has 13 heavy (non-hydrogen) atoms. The molecule has 0 aliphatic rings. The molecule has 66 valence electrons. The van der Waals surface area contributed by atoms with Crippen molar-refractivity contribution in [1.29, 1.82) is 0 Å². The Morgan fingerprint density at radius 1 is 1.46 bits per heavy atom. The summed E-state index contributed by atoms with van der Waals surface area (Å²) in [6.07, 6.45) is 0.756. The van der Waals surface area contributed by atoms with E-state index < -0.39 is 0 Å². The summed E-state index contributed by atoms with van der Waals surface area (Å²) in [5, 5.41) is 1.25. The topological polar surface area (TPSA) is 43.1 Å². The van der Waals surface area contributed by atoms with Crippen LogP contribution >= 0.6 is 22.9 Å². The Morgan fingerprint density at radius 3 is 2.85 bits per heavy atom. The van der Waals surface area contributed by atoms with Gasteiger partial charge in [-0.1, -0.05) is 17.7 Å². The van der Waals surface area contributed by atoms with Gasteiger partial charge in [0, 0.05) is 15.8 Å². The summed E-state index contributed by atoms with van der Waals surface area (Å²) in [6.45, 7) is 0. The number of rotatable bonds is 1. The number of aldehydes is 1. The maximum absolute atomic E-state index is 10.6. The van der Waals surface area contributed by atoms with Crippen LogP contribution in [0, 0.1) is 0 Å². The molecule has 0 unspecified atom stereocenters. The summed E-state index contributed by atoms with van der Waals surface area (Å²) in [5.74, 6) is 0. The van der Waals surface area contributed by atoms with Gasteiger partial charge >= 0.3 is 0 Å². The van der Waals surface area contributed by atoms with E-state index in [4.69, 9.17) is 17.3 Å². The van der Waals surface area contributed by atoms with E-state index in [-0.39, 0.29) is 0 Å². The van der Waals surface area contributed by atoms with Crippen LogP contribution in [0.2, 0.25) is 5.02 Å². The number of nitrogen functional groups attached to an aromatic ring is 1. The summed E-state index contributed by atoms with van der Waals surface area (Å²) in [7, 11) is 0. The number of benzene rings is 1. The van der Waals surface area contributed by atoms with Gasteiger partial charge < -0.3 is 5.73 Å². The van der Waals surface area contributed by atoms with Crippen molar-refractivity contribution in [2.45, 2.75) is 0 Å². The minimum absolute atomic E-state index is 0.466. The van der Waals surface area contributed by atoms with Gasteiger partial charge in [0.25, 0.3) is 0 Å². The van der Waals surface area contributed by atoms with Gasteiger partial charge in [-0.15, -0.1) is 11.3 Å². The maximum Gasteiger partial charge on any atom is 0.161 e. The number of thiophene rings is 1. The Morgan fingerprint density at radius 2 is 2.23 bits per heavy atom. The highest BCUT2D eigenvalue weighted by atomic mass is 35.5. The van der Waals surface area contributed by atoms with E-state index >= 15 is 0 Å². The highest BCUT2D eigenvalue weighted by Gasteiger charge is 2.10. The predicted molar refractivity (Wildman–Crippen MR) is 56.6 cm³/mol. The molecule has 0 bridgehead atoms. The summed E-state index contributed by atoms with van der Waals surface area (Å²) < 4.78 is 0.951. The monoisotopic (exact) mass is 211 g/mol. The Hall–Kier alpha value is -1.06. The molecule has 1 aromatic carbocycles. The van der Waals surface area contributed by atoms with Crippen molar-refractivity contribution >= 4 is 45.0 Å². The standard InChI is InChI=1S/C9H6ClNOS/c10-9-7(4-12)13-6-3-1-2-5(11)8(6)9/h1-4H,11H2. The SMILES string of the molecule is Nc1cccc2sc(C=O)c(Cl)c12. The lowest BCUT2D eigenvalue weighted by molar-refractivity contribution is 0.112. The van der Waals surface area contributed by atoms with Crippen molar-refractivity contribution in [3.63, 3.8) is 0 Å². The van der Waals surface area contributed by atoms with Gasteiger partial charge in [-0.2, -0.15) is 0 Å². The van der Waals surface area contributed by atoms with Crippen LogP contribution in [0.3, 0.4) is 0 Å². The second-order valence-corrected chi connectivity index (χ2v) is 4.08. The van der Waals surface area contributed by atoms with Crippen molar-refractivity contribution in [2.75, 3.05) is 5.73 Å². The molecule has 2 aromatic rings. The lowest BCUT2D eigenvalue weighted by Crippen LogP contribution is -1.83. The van der Waals surface area contributed by atoms with Gasteiger partial charge in [0.05, 0.1) is 9.90 Å². The summed E-state index contributed by atoms with van der Waals surface area (Å²) in [6, 6.07) is 5.52. The number of fused-ring (bicyclic) bond motifs is 1. The molecule has 0 saturated heterocycles. The minimum Gasteiger partial charge on any atom is -0.398 e. The minimum atomic E-state index is 0.466. The van der Waals surface area contributed by atoms with Crippen molar-refractivity contribution in [1.82, 2.24) is 0 Å². The Kier molecular flexibility index (Phi) is 1.98. The molecule has 0 fully saturated rings. The first-order valence-electron chi connectivity index (χ1n) is 3.65. The fourth-order valence-corrected chi connectivity index (χ4v) is 2.60. The van der Waals surface area contributed by atoms with Gasteiger partial charge in [0.15, 0.2) is 6.29 Å². The number of halogens is 1. The van der Waals surface area contributed by atoms with Crippen molar-refractivity contribution < 1.29 is 4.79 Å². The van der Waals surface area contributed by atoms with E-state index in [1.165, 1.54) is 11.3 Å². The number of hydrogen-bond acceptors (Lipinski definition) is 3. The third-order valence-electron chi connectivity index (χ3n) is 1.82. The number of anilines is 1. The van der Waals surface area contributed by atoms with E-state index in [0.29, 0.717) is 15.6 Å². The summed E-state index contributed by atoms with van der Waals surface area (Å²) in [5.41, 5.74) is 6.35. The van der Waals surface area contributed by atoms with Crippen molar-refractivity contribution in [3.05, 3.63) is 28.1 Å². The van der Waals surface area contributed by atoms with E-state index in [2.05, 4.69) is 0 Å². The Balaban J connectivity index is 2.92. The average molecular weight is 212 g/mol. The summed E-state index contributed by atoms with van der Waals surface area (Å²) in [4.78, 5) is 11.1. The lowest BCUT2D eigenvalue weighted by atomic mass is 10.2. The Bertz CT molecular complexity index is 478. The van der Waals surface area contributed by atoms with Crippen molar-refractivity contribution in [3.8, 4) is 0 Å². The van der Waals surface area contributed by atoms with Gasteiger partial charge in [-0.3, -0.25) is 4.79 Å². The molecule has 2 nitrogen and oxygen atoms in total.